The molecule has 1 amide bonds. The van der Waals surface area contributed by atoms with Crippen LogP contribution in [-0.4, -0.2) is 193 Å². The fraction of sp³-hybridized carbons (Fsp3) is 0.645. The standard InChI is InChI=1S/C76H121NO18/c1-3-5-7-9-11-13-15-17-18-19-20-21-22-23-24-25-26-27-28-29-30-31-32-33-34-35-36-37-38-39-40-42-44-46-48-50-52-54-64(82)77-59(60(81)53-51-49-47-45-43-41-16-14-12-10-8-6-4-2)58-90-74-70(88)67(85)72(62(56-79)92-74)95-76-71(89)68(86)73(63(57-80)93-76)94-75-69(87)66(84)65(83)61(55-78)91-75/h5,7,11,13,17-18,20-21,23-24,26-27,29-30,32-33,35-36,38-39,42-45,51,53,59-63,65-76,78-81,83-89H,3-4,6,8-10,12,14-16,19,22,25,28,31,34,37,40-41,46-50,52,54-58H2,1-2H3,(H,77,82)/b7-5-,13-11-,18-17-,21-20-,24-23-,27-26-,30-29-,33-32-,36-35-,39-38-,44-42-,45-43+,53-51+. The zero-order valence-corrected chi connectivity index (χ0v) is 56.8. The van der Waals surface area contributed by atoms with Crippen molar-refractivity contribution in [1.82, 2.24) is 5.32 Å². The Bertz CT molecular complexity index is 2340. The minimum atomic E-state index is -1.99. The minimum absolute atomic E-state index is 0.184. The van der Waals surface area contributed by atoms with Gasteiger partial charge in [0.05, 0.1) is 38.6 Å². The molecule has 3 fully saturated rings. The first-order chi connectivity index (χ1) is 46.3. The Balaban J connectivity index is 1.39. The second kappa shape index (κ2) is 55.3. The third-order valence-electron chi connectivity index (χ3n) is 16.3. The van der Waals surface area contributed by atoms with Crippen LogP contribution in [0.25, 0.3) is 0 Å². The van der Waals surface area contributed by atoms with Gasteiger partial charge in [0.1, 0.15) is 73.2 Å². The van der Waals surface area contributed by atoms with Crippen LogP contribution in [0.15, 0.2) is 158 Å². The second-order valence-electron chi connectivity index (χ2n) is 24.2. The van der Waals surface area contributed by atoms with Gasteiger partial charge in [-0.2, -0.15) is 0 Å². The van der Waals surface area contributed by atoms with E-state index in [0.29, 0.717) is 12.8 Å². The van der Waals surface area contributed by atoms with Gasteiger partial charge in [0.25, 0.3) is 0 Å². The van der Waals surface area contributed by atoms with Gasteiger partial charge in [0, 0.05) is 6.42 Å². The first kappa shape index (κ1) is 84.6. The molecule has 17 atom stereocenters. The summed E-state index contributed by atoms with van der Waals surface area (Å²) in [5.74, 6) is -0.326. The normalized spacial score (nSPS) is 28.2. The average molecular weight is 1340 g/mol. The molecule has 0 radical (unpaired) electrons. The number of carbonyl (C=O) groups is 1. The molecule has 0 aromatic rings. The Morgan fingerprint density at radius 3 is 1.18 bits per heavy atom. The topological polar surface area (TPSA) is 307 Å². The number of rotatable bonds is 51. The minimum Gasteiger partial charge on any atom is -0.394 e. The van der Waals surface area contributed by atoms with Crippen molar-refractivity contribution < 1.29 is 89.4 Å². The van der Waals surface area contributed by atoms with Gasteiger partial charge in [0.15, 0.2) is 18.9 Å². The maximum Gasteiger partial charge on any atom is 0.220 e. The summed E-state index contributed by atoms with van der Waals surface area (Å²) in [5, 5.41) is 120. The number of unbranched alkanes of at least 4 members (excludes halogenated alkanes) is 11. The molecular weight excluding hydrogens is 1210 g/mol. The van der Waals surface area contributed by atoms with E-state index in [1.165, 1.54) is 38.5 Å². The van der Waals surface area contributed by atoms with Crippen molar-refractivity contribution in [2.75, 3.05) is 26.4 Å². The number of ether oxygens (including phenoxy) is 6. The summed E-state index contributed by atoms with van der Waals surface area (Å²) < 4.78 is 34.2. The average Bonchev–Trinajstić information content (AvgIpc) is 0.791. The van der Waals surface area contributed by atoms with E-state index in [9.17, 15) is 61.0 Å². The number of carbonyl (C=O) groups excluding carboxylic acids is 1. The summed E-state index contributed by atoms with van der Waals surface area (Å²) in [5.41, 5.74) is 0. The van der Waals surface area contributed by atoms with Gasteiger partial charge in [0.2, 0.25) is 5.91 Å². The number of allylic oxidation sites excluding steroid dienone is 25. The van der Waals surface area contributed by atoms with Crippen molar-refractivity contribution in [2.24, 2.45) is 0 Å². The van der Waals surface area contributed by atoms with Crippen LogP contribution in [0.2, 0.25) is 0 Å². The maximum atomic E-state index is 13.4. The Kier molecular flexibility index (Phi) is 49.3. The fourth-order valence-corrected chi connectivity index (χ4v) is 10.6. The van der Waals surface area contributed by atoms with Crippen LogP contribution < -0.4 is 5.32 Å². The molecule has 3 saturated heterocycles. The van der Waals surface area contributed by atoms with Crippen LogP contribution >= 0.6 is 0 Å². The molecule has 0 aliphatic carbocycles. The van der Waals surface area contributed by atoms with Gasteiger partial charge >= 0.3 is 0 Å². The maximum absolute atomic E-state index is 13.4. The molecule has 19 heteroatoms. The molecule has 19 nitrogen and oxygen atoms in total. The molecule has 0 spiro atoms. The highest BCUT2D eigenvalue weighted by Crippen LogP contribution is 2.33. The molecule has 17 unspecified atom stereocenters. The fourth-order valence-electron chi connectivity index (χ4n) is 10.6. The molecule has 3 aliphatic heterocycles. The smallest absolute Gasteiger partial charge is 0.220 e. The SMILES string of the molecule is CC/C=C\C/C=C\C/C=C\C/C=C\C/C=C\C/C=C\C/C=C\C/C=C\C/C=C\C/C=C\C/C=C\CCCCCC(=O)NC(COC1OC(CO)C(OC2OC(CO)C(OC3OC(CO)C(O)C(O)C3O)C(O)C2O)C(O)C1O)C(O)/C=C/CC/C=C/CCCCCCCCC. The van der Waals surface area contributed by atoms with E-state index in [-0.39, 0.29) is 12.3 Å². The first-order valence-electron chi connectivity index (χ1n) is 35.2. The third kappa shape index (κ3) is 36.7. The monoisotopic (exact) mass is 1340 g/mol. The van der Waals surface area contributed by atoms with E-state index < -0.39 is 131 Å². The van der Waals surface area contributed by atoms with Gasteiger partial charge in [-0.25, -0.2) is 0 Å². The molecule has 3 aliphatic rings. The lowest BCUT2D eigenvalue weighted by molar-refractivity contribution is -0.379. The zero-order chi connectivity index (χ0) is 68.9. The lowest BCUT2D eigenvalue weighted by Gasteiger charge is -2.48. The summed E-state index contributed by atoms with van der Waals surface area (Å²) in [6.07, 6.45) is 53.8. The molecule has 3 rings (SSSR count). The van der Waals surface area contributed by atoms with Crippen LogP contribution in [0.1, 0.15) is 181 Å². The predicted molar refractivity (Wildman–Crippen MR) is 373 cm³/mol. The summed E-state index contributed by atoms with van der Waals surface area (Å²) >= 11 is 0. The highest BCUT2D eigenvalue weighted by atomic mass is 16.8. The zero-order valence-electron chi connectivity index (χ0n) is 56.8. The van der Waals surface area contributed by atoms with Crippen LogP contribution in [0, 0.1) is 0 Å². The van der Waals surface area contributed by atoms with Crippen molar-refractivity contribution in [3.63, 3.8) is 0 Å². The number of hydrogen-bond acceptors (Lipinski definition) is 18. The summed E-state index contributed by atoms with van der Waals surface area (Å²) in [4.78, 5) is 13.4. The molecule has 0 aromatic carbocycles. The highest BCUT2D eigenvalue weighted by molar-refractivity contribution is 5.76. The van der Waals surface area contributed by atoms with Gasteiger partial charge in [-0.3, -0.25) is 4.79 Å². The van der Waals surface area contributed by atoms with E-state index in [1.54, 1.807) is 6.08 Å². The summed E-state index contributed by atoms with van der Waals surface area (Å²) in [6, 6.07) is -1.02. The quantitative estimate of drug-likeness (QED) is 0.0199. The summed E-state index contributed by atoms with van der Waals surface area (Å²) in [6.45, 7) is 1.52. The molecule has 0 aromatic heterocycles. The van der Waals surface area contributed by atoms with Gasteiger partial charge in [-0.05, 0) is 116 Å². The van der Waals surface area contributed by atoms with Crippen molar-refractivity contribution in [2.45, 2.75) is 285 Å². The largest absolute Gasteiger partial charge is 0.394 e. The molecule has 538 valence electrons. The lowest BCUT2D eigenvalue weighted by Crippen LogP contribution is -2.66. The molecule has 3 heterocycles. The Morgan fingerprint density at radius 2 is 0.737 bits per heavy atom. The van der Waals surface area contributed by atoms with Crippen molar-refractivity contribution >= 4 is 5.91 Å². The lowest BCUT2D eigenvalue weighted by atomic mass is 9.96. The Hall–Kier alpha value is -4.59. The molecular formula is C76H121NO18. The number of amides is 1. The van der Waals surface area contributed by atoms with E-state index in [1.807, 2.05) is 6.08 Å². The molecule has 0 saturated carbocycles. The number of aliphatic hydroxyl groups is 11. The van der Waals surface area contributed by atoms with Gasteiger partial charge in [-0.1, -0.05) is 217 Å². The van der Waals surface area contributed by atoms with Gasteiger partial charge < -0.3 is 89.9 Å². The molecule has 95 heavy (non-hydrogen) atoms. The highest BCUT2D eigenvalue weighted by Gasteiger charge is 2.53. The molecule has 12 N–H and O–H groups in total. The van der Waals surface area contributed by atoms with Crippen LogP contribution in [0.3, 0.4) is 0 Å². The van der Waals surface area contributed by atoms with Crippen LogP contribution in [0.4, 0.5) is 0 Å². The predicted octanol–water partition coefficient (Wildman–Crippen LogP) is 9.71. The van der Waals surface area contributed by atoms with E-state index >= 15 is 0 Å². The van der Waals surface area contributed by atoms with E-state index in [4.69, 9.17) is 28.4 Å². The molecule has 0 bridgehead atoms. The van der Waals surface area contributed by atoms with Crippen molar-refractivity contribution in [3.8, 4) is 0 Å². The van der Waals surface area contributed by atoms with Crippen molar-refractivity contribution in [1.29, 1.82) is 0 Å². The van der Waals surface area contributed by atoms with Crippen LogP contribution in [0.5, 0.6) is 0 Å². The second-order valence-corrected chi connectivity index (χ2v) is 24.2. The first-order valence-corrected chi connectivity index (χ1v) is 35.2. The Morgan fingerprint density at radius 1 is 0.389 bits per heavy atom. The van der Waals surface area contributed by atoms with Crippen molar-refractivity contribution in [3.05, 3.63) is 158 Å². The van der Waals surface area contributed by atoms with Gasteiger partial charge in [-0.15, -0.1) is 0 Å². The summed E-state index contributed by atoms with van der Waals surface area (Å²) in [7, 11) is 0. The third-order valence-corrected chi connectivity index (χ3v) is 16.3. The number of hydrogen-bond donors (Lipinski definition) is 12. The number of aliphatic hydroxyl groups excluding tert-OH is 11. The van der Waals surface area contributed by atoms with E-state index in [2.05, 4.69) is 165 Å². The Labute approximate surface area is 567 Å². The number of nitrogens with one attached hydrogen (secondary N) is 1. The van der Waals surface area contributed by atoms with Crippen LogP contribution in [-0.2, 0) is 33.2 Å². The van der Waals surface area contributed by atoms with E-state index in [0.717, 1.165) is 109 Å².